The molecule has 0 saturated heterocycles. The first-order valence-corrected chi connectivity index (χ1v) is 8.41. The number of hydrogen-bond donors (Lipinski definition) is 1. The van der Waals surface area contributed by atoms with Crippen molar-refractivity contribution in [3.05, 3.63) is 50.4 Å². The van der Waals surface area contributed by atoms with Crippen molar-refractivity contribution in [1.29, 1.82) is 0 Å². The second-order valence-corrected chi connectivity index (χ2v) is 7.67. The van der Waals surface area contributed by atoms with Crippen LogP contribution in [0.2, 0.25) is 0 Å². The minimum absolute atomic E-state index is 0.0274. The van der Waals surface area contributed by atoms with E-state index in [0.29, 0.717) is 18.9 Å². The Bertz CT molecular complexity index is 607. The van der Waals surface area contributed by atoms with E-state index in [1.807, 2.05) is 17.5 Å². The molecular weight excluding hydrogens is 353 g/mol. The van der Waals surface area contributed by atoms with Gasteiger partial charge in [-0.25, -0.2) is 4.39 Å². The van der Waals surface area contributed by atoms with Crippen LogP contribution in [-0.2, 0) is 13.2 Å². The zero-order chi connectivity index (χ0) is 15.5. The highest BCUT2D eigenvalue weighted by Gasteiger charge is 2.14. The van der Waals surface area contributed by atoms with Crippen LogP contribution in [0.25, 0.3) is 0 Å². The fourth-order valence-electron chi connectivity index (χ4n) is 1.78. The second-order valence-electron chi connectivity index (χ2n) is 5.81. The van der Waals surface area contributed by atoms with Crippen molar-refractivity contribution in [2.75, 3.05) is 0 Å². The van der Waals surface area contributed by atoms with Gasteiger partial charge in [0.25, 0.3) is 0 Å². The van der Waals surface area contributed by atoms with E-state index in [2.05, 4.69) is 42.0 Å². The van der Waals surface area contributed by atoms with Gasteiger partial charge in [-0.3, -0.25) is 0 Å². The van der Waals surface area contributed by atoms with Gasteiger partial charge in [0.2, 0.25) is 0 Å². The van der Waals surface area contributed by atoms with Crippen LogP contribution in [0, 0.1) is 5.82 Å². The first kappa shape index (κ1) is 16.5. The maximum atomic E-state index is 14.0. The van der Waals surface area contributed by atoms with E-state index in [-0.39, 0.29) is 11.4 Å². The van der Waals surface area contributed by atoms with E-state index in [1.165, 1.54) is 6.07 Å². The van der Waals surface area contributed by atoms with Crippen LogP contribution >= 0.6 is 27.3 Å². The first-order valence-electron chi connectivity index (χ1n) is 6.74. The van der Waals surface area contributed by atoms with Crippen LogP contribution in [0.3, 0.4) is 0 Å². The Balaban J connectivity index is 2.12. The topological polar surface area (TPSA) is 21.3 Å². The molecule has 2 nitrogen and oxygen atoms in total. The van der Waals surface area contributed by atoms with E-state index >= 15 is 0 Å². The van der Waals surface area contributed by atoms with Crippen LogP contribution in [0.1, 0.15) is 31.2 Å². The molecule has 5 heteroatoms. The summed E-state index contributed by atoms with van der Waals surface area (Å²) >= 11 is 5.05. The summed E-state index contributed by atoms with van der Waals surface area (Å²) < 4.78 is 20.8. The fourth-order valence-corrected chi connectivity index (χ4v) is 3.16. The van der Waals surface area contributed by atoms with Gasteiger partial charge in [-0.1, -0.05) is 12.1 Å². The number of halogens is 2. The van der Waals surface area contributed by atoms with Gasteiger partial charge in [-0.15, -0.1) is 11.3 Å². The van der Waals surface area contributed by atoms with Crippen molar-refractivity contribution in [2.24, 2.45) is 0 Å². The molecule has 2 rings (SSSR count). The fraction of sp³-hybridized carbons (Fsp3) is 0.375. The van der Waals surface area contributed by atoms with Crippen molar-refractivity contribution < 1.29 is 9.13 Å². The molecule has 0 fully saturated rings. The standard InChI is InChI=1S/C16H19BrFNOS/c1-16(2,3)19-9-11-5-4-6-13(18)15(11)20-10-14-12(17)7-8-21-14/h4-8,19H,9-10H2,1-3H3. The van der Waals surface area contributed by atoms with Crippen LogP contribution < -0.4 is 10.1 Å². The predicted molar refractivity (Wildman–Crippen MR) is 89.3 cm³/mol. The van der Waals surface area contributed by atoms with Gasteiger partial charge < -0.3 is 10.1 Å². The van der Waals surface area contributed by atoms with E-state index in [9.17, 15) is 4.39 Å². The molecule has 0 unspecified atom stereocenters. The van der Waals surface area contributed by atoms with Gasteiger partial charge in [0.15, 0.2) is 11.6 Å². The minimum atomic E-state index is -0.323. The van der Waals surface area contributed by atoms with Gasteiger partial charge in [0.05, 0.1) is 4.88 Å². The van der Waals surface area contributed by atoms with E-state index in [1.54, 1.807) is 17.4 Å². The summed E-state index contributed by atoms with van der Waals surface area (Å²) in [5.74, 6) is 0.00503. The first-order chi connectivity index (χ1) is 9.87. The molecule has 1 N–H and O–H groups in total. The number of thiophene rings is 1. The van der Waals surface area contributed by atoms with Gasteiger partial charge in [0, 0.05) is 22.1 Å². The van der Waals surface area contributed by atoms with Crippen LogP contribution in [0.4, 0.5) is 4.39 Å². The Morgan fingerprint density at radius 3 is 2.67 bits per heavy atom. The molecule has 0 spiro atoms. The van der Waals surface area contributed by atoms with Gasteiger partial charge in [-0.05, 0) is 54.2 Å². The highest BCUT2D eigenvalue weighted by Crippen LogP contribution is 2.28. The molecular formula is C16H19BrFNOS. The molecule has 2 aromatic rings. The summed E-state index contributed by atoms with van der Waals surface area (Å²) in [4.78, 5) is 1.05. The maximum absolute atomic E-state index is 14.0. The molecule has 0 atom stereocenters. The van der Waals surface area contributed by atoms with Crippen molar-refractivity contribution in [2.45, 2.75) is 39.5 Å². The zero-order valence-electron chi connectivity index (χ0n) is 12.4. The Morgan fingerprint density at radius 2 is 2.05 bits per heavy atom. The summed E-state index contributed by atoms with van der Waals surface area (Å²) in [5, 5.41) is 5.34. The number of para-hydroxylation sites is 1. The van der Waals surface area contributed by atoms with Gasteiger partial charge in [0.1, 0.15) is 6.61 Å². The lowest BCUT2D eigenvalue weighted by Crippen LogP contribution is -2.35. The molecule has 0 saturated carbocycles. The third-order valence-electron chi connectivity index (χ3n) is 2.90. The van der Waals surface area contributed by atoms with E-state index in [4.69, 9.17) is 4.74 Å². The molecule has 1 heterocycles. The summed E-state index contributed by atoms with van der Waals surface area (Å²) in [6.45, 7) is 7.17. The number of hydrogen-bond acceptors (Lipinski definition) is 3. The lowest BCUT2D eigenvalue weighted by Gasteiger charge is -2.21. The Labute approximate surface area is 137 Å². The number of rotatable bonds is 5. The summed E-state index contributed by atoms with van der Waals surface area (Å²) in [5.41, 5.74) is 0.804. The molecule has 21 heavy (non-hydrogen) atoms. The quantitative estimate of drug-likeness (QED) is 0.787. The van der Waals surface area contributed by atoms with Crippen molar-refractivity contribution in [1.82, 2.24) is 5.32 Å². The zero-order valence-corrected chi connectivity index (χ0v) is 14.8. The second kappa shape index (κ2) is 6.90. The van der Waals surface area contributed by atoms with Crippen LogP contribution in [0.15, 0.2) is 34.1 Å². The molecule has 0 amide bonds. The highest BCUT2D eigenvalue weighted by atomic mass is 79.9. The predicted octanol–water partition coefficient (Wildman–Crippen LogP) is 5.12. The summed E-state index contributed by atoms with van der Waals surface area (Å²) in [6, 6.07) is 7.00. The molecule has 0 aliphatic rings. The molecule has 0 radical (unpaired) electrons. The van der Waals surface area contributed by atoms with Crippen LogP contribution in [0.5, 0.6) is 5.75 Å². The lowest BCUT2D eigenvalue weighted by molar-refractivity contribution is 0.287. The lowest BCUT2D eigenvalue weighted by atomic mass is 10.1. The number of ether oxygens (including phenoxy) is 1. The van der Waals surface area contributed by atoms with Gasteiger partial charge >= 0.3 is 0 Å². The molecule has 0 aliphatic heterocycles. The minimum Gasteiger partial charge on any atom is -0.485 e. The summed E-state index contributed by atoms with van der Waals surface area (Å²) in [7, 11) is 0. The number of benzene rings is 1. The Hall–Kier alpha value is -0.910. The average molecular weight is 372 g/mol. The summed E-state index contributed by atoms with van der Waals surface area (Å²) in [6.07, 6.45) is 0. The number of nitrogens with one attached hydrogen (secondary N) is 1. The normalized spacial score (nSPS) is 11.7. The average Bonchev–Trinajstić information content (AvgIpc) is 2.80. The molecule has 0 aliphatic carbocycles. The highest BCUT2D eigenvalue weighted by molar-refractivity contribution is 9.10. The Morgan fingerprint density at radius 1 is 1.29 bits per heavy atom. The SMILES string of the molecule is CC(C)(C)NCc1cccc(F)c1OCc1sccc1Br. The van der Waals surface area contributed by atoms with E-state index < -0.39 is 0 Å². The smallest absolute Gasteiger partial charge is 0.165 e. The maximum Gasteiger partial charge on any atom is 0.165 e. The van der Waals surface area contributed by atoms with Crippen LogP contribution in [-0.4, -0.2) is 5.54 Å². The molecule has 114 valence electrons. The Kier molecular flexibility index (Phi) is 5.41. The van der Waals surface area contributed by atoms with Crippen molar-refractivity contribution in [3.63, 3.8) is 0 Å². The molecule has 1 aromatic heterocycles. The largest absolute Gasteiger partial charge is 0.485 e. The third-order valence-corrected chi connectivity index (χ3v) is 4.80. The molecule has 1 aromatic carbocycles. The monoisotopic (exact) mass is 371 g/mol. The van der Waals surface area contributed by atoms with Gasteiger partial charge in [-0.2, -0.15) is 0 Å². The third kappa shape index (κ3) is 4.80. The van der Waals surface area contributed by atoms with E-state index in [0.717, 1.165) is 14.9 Å². The molecule has 0 bridgehead atoms. The van der Waals surface area contributed by atoms with Crippen molar-refractivity contribution >= 4 is 27.3 Å². The van der Waals surface area contributed by atoms with Crippen molar-refractivity contribution in [3.8, 4) is 5.75 Å².